The van der Waals surface area contributed by atoms with Gasteiger partial charge in [-0.15, -0.1) is 0 Å². The fourth-order valence-electron chi connectivity index (χ4n) is 3.77. The van der Waals surface area contributed by atoms with Gasteiger partial charge in [0.05, 0.1) is 25.8 Å². The van der Waals surface area contributed by atoms with Gasteiger partial charge in [0.15, 0.2) is 23.8 Å². The van der Waals surface area contributed by atoms with Crippen LogP contribution in [-0.4, -0.2) is 54.8 Å². The molecule has 1 aromatic heterocycles. The number of hydrogen-bond acceptors (Lipinski definition) is 7. The van der Waals surface area contributed by atoms with E-state index in [1.807, 2.05) is 18.2 Å². The quantitative estimate of drug-likeness (QED) is 0.656. The average molecular weight is 432 g/mol. The summed E-state index contributed by atoms with van der Waals surface area (Å²) in [6.07, 6.45) is -1.10. The third-order valence-corrected chi connectivity index (χ3v) is 5.51. The average Bonchev–Trinajstić information content (AvgIpc) is 3.32. The number of ether oxygens (including phenoxy) is 4. The van der Waals surface area contributed by atoms with Gasteiger partial charge in [0.2, 0.25) is 0 Å². The lowest BCUT2D eigenvalue weighted by molar-refractivity contribution is 0.0271. The summed E-state index contributed by atoms with van der Waals surface area (Å²) in [4.78, 5) is 8.71. The van der Waals surface area contributed by atoms with Crippen molar-refractivity contribution >= 4 is 34.0 Å². The normalized spacial score (nSPS) is 25.3. The Bertz CT molecular complexity index is 1070. The summed E-state index contributed by atoms with van der Waals surface area (Å²) in [6.45, 7) is 0.279. The second kappa shape index (κ2) is 7.86. The number of benzene rings is 2. The van der Waals surface area contributed by atoms with Crippen LogP contribution in [0.15, 0.2) is 42.7 Å². The van der Waals surface area contributed by atoms with Crippen LogP contribution in [-0.2, 0) is 9.47 Å². The van der Waals surface area contributed by atoms with Gasteiger partial charge in [-0.2, -0.15) is 0 Å². The highest BCUT2D eigenvalue weighted by molar-refractivity contribution is 6.30. The van der Waals surface area contributed by atoms with Gasteiger partial charge in [-0.1, -0.05) is 11.6 Å². The van der Waals surface area contributed by atoms with Crippen molar-refractivity contribution in [3.8, 4) is 11.5 Å². The molecule has 30 heavy (non-hydrogen) atoms. The van der Waals surface area contributed by atoms with Gasteiger partial charge >= 0.3 is 0 Å². The van der Waals surface area contributed by atoms with Crippen molar-refractivity contribution in [3.05, 3.63) is 47.7 Å². The minimum atomic E-state index is -1.13. The molecule has 0 saturated carbocycles. The van der Waals surface area contributed by atoms with E-state index in [0.717, 1.165) is 11.1 Å². The highest BCUT2D eigenvalue weighted by Gasteiger charge is 2.49. The molecule has 9 heteroatoms. The fraction of sp³-hybridized carbons (Fsp3) is 0.333. The predicted octanol–water partition coefficient (Wildman–Crippen LogP) is 3.92. The Balaban J connectivity index is 1.45. The third kappa shape index (κ3) is 3.51. The molecular weight excluding hydrogens is 413 g/mol. The van der Waals surface area contributed by atoms with Crippen LogP contribution < -0.4 is 14.8 Å². The number of alkyl halides is 1. The van der Waals surface area contributed by atoms with E-state index in [0.29, 0.717) is 27.9 Å². The molecule has 2 saturated heterocycles. The molecule has 0 bridgehead atoms. The van der Waals surface area contributed by atoms with E-state index in [1.165, 1.54) is 6.33 Å². The van der Waals surface area contributed by atoms with Gasteiger partial charge < -0.3 is 24.3 Å². The van der Waals surface area contributed by atoms with Crippen LogP contribution >= 0.6 is 11.6 Å². The Morgan fingerprint density at radius 2 is 1.87 bits per heavy atom. The molecule has 156 valence electrons. The first-order valence-electron chi connectivity index (χ1n) is 9.51. The van der Waals surface area contributed by atoms with Gasteiger partial charge in [0, 0.05) is 22.2 Å². The molecular formula is C21H19ClFN3O4. The molecule has 2 aromatic carbocycles. The predicted molar refractivity (Wildman–Crippen MR) is 110 cm³/mol. The summed E-state index contributed by atoms with van der Waals surface area (Å²) in [6, 6.07) is 10.9. The zero-order valence-electron chi connectivity index (χ0n) is 16.0. The van der Waals surface area contributed by atoms with E-state index in [9.17, 15) is 4.39 Å². The Hall–Kier alpha value is -2.68. The van der Waals surface area contributed by atoms with Gasteiger partial charge in [0.25, 0.3) is 0 Å². The molecule has 2 aliphatic rings. The number of nitrogens with one attached hydrogen (secondary N) is 1. The van der Waals surface area contributed by atoms with Crippen molar-refractivity contribution in [1.82, 2.24) is 9.97 Å². The number of rotatable bonds is 5. The molecule has 2 aliphatic heterocycles. The zero-order valence-corrected chi connectivity index (χ0v) is 16.8. The van der Waals surface area contributed by atoms with Crippen LogP contribution in [0.4, 0.5) is 15.9 Å². The topological polar surface area (TPSA) is 74.7 Å². The maximum atomic E-state index is 13.8. The van der Waals surface area contributed by atoms with E-state index < -0.39 is 24.5 Å². The summed E-state index contributed by atoms with van der Waals surface area (Å²) < 4.78 is 36.5. The van der Waals surface area contributed by atoms with Crippen LogP contribution in [0.25, 0.3) is 10.9 Å². The van der Waals surface area contributed by atoms with Crippen LogP contribution in [0.2, 0.25) is 5.02 Å². The standard InChI is InChI=1S/C21H19ClFN3O4/c1-27-16-6-13-15(24-10-25-21(13)26-12-4-2-11(22)3-5-12)7-17(16)30-18-9-29-19-14(23)8-28-20(18)19/h2-7,10,14,18-20H,8-9H2,1H3,(H,24,25,26)/t14-,18?,19+,20+/m1/s1. The molecule has 7 nitrogen and oxygen atoms in total. The van der Waals surface area contributed by atoms with E-state index in [2.05, 4.69) is 15.3 Å². The maximum absolute atomic E-state index is 13.8. The molecule has 3 aromatic rings. The minimum absolute atomic E-state index is 0.0248. The van der Waals surface area contributed by atoms with Crippen molar-refractivity contribution in [1.29, 1.82) is 0 Å². The van der Waals surface area contributed by atoms with Gasteiger partial charge in [-0.3, -0.25) is 0 Å². The lowest BCUT2D eigenvalue weighted by atomic mass is 10.1. The van der Waals surface area contributed by atoms with E-state index in [1.54, 1.807) is 25.3 Å². The summed E-state index contributed by atoms with van der Waals surface area (Å²) in [5, 5.41) is 4.68. The maximum Gasteiger partial charge on any atom is 0.164 e. The second-order valence-corrected chi connectivity index (χ2v) is 7.58. The highest BCUT2D eigenvalue weighted by Crippen LogP contribution is 2.38. The molecule has 4 atom stereocenters. The largest absolute Gasteiger partial charge is 0.493 e. The SMILES string of the molecule is COc1cc2c(Nc3ccc(Cl)cc3)ncnc2cc1OC1CO[C@H]2[C@H](F)CO[C@@H]12. The van der Waals surface area contributed by atoms with Crippen molar-refractivity contribution in [3.63, 3.8) is 0 Å². The molecule has 2 fully saturated rings. The van der Waals surface area contributed by atoms with Crippen LogP contribution in [0.1, 0.15) is 0 Å². The van der Waals surface area contributed by atoms with Crippen molar-refractivity contribution in [2.75, 3.05) is 25.6 Å². The van der Waals surface area contributed by atoms with E-state index in [-0.39, 0.29) is 13.2 Å². The van der Waals surface area contributed by atoms with Gasteiger partial charge in [-0.05, 0) is 30.3 Å². The summed E-state index contributed by atoms with van der Waals surface area (Å²) in [5.41, 5.74) is 1.51. The molecule has 1 N–H and O–H groups in total. The third-order valence-electron chi connectivity index (χ3n) is 5.25. The fourth-order valence-corrected chi connectivity index (χ4v) is 3.89. The first-order chi connectivity index (χ1) is 14.6. The number of halogens is 2. The number of anilines is 2. The minimum Gasteiger partial charge on any atom is -0.493 e. The lowest BCUT2D eigenvalue weighted by Crippen LogP contribution is -2.33. The molecule has 0 amide bonds. The second-order valence-electron chi connectivity index (χ2n) is 7.14. The first kappa shape index (κ1) is 19.3. The zero-order chi connectivity index (χ0) is 20.7. The molecule has 0 aliphatic carbocycles. The number of nitrogens with zero attached hydrogens (tertiary/aromatic N) is 2. The molecule has 5 rings (SSSR count). The molecule has 0 radical (unpaired) electrons. The van der Waals surface area contributed by atoms with Crippen molar-refractivity contribution in [2.24, 2.45) is 0 Å². The van der Waals surface area contributed by atoms with E-state index in [4.69, 9.17) is 30.5 Å². The lowest BCUT2D eigenvalue weighted by Gasteiger charge is -2.20. The van der Waals surface area contributed by atoms with E-state index >= 15 is 0 Å². The molecule has 1 unspecified atom stereocenters. The Morgan fingerprint density at radius 3 is 2.67 bits per heavy atom. The summed E-state index contributed by atoms with van der Waals surface area (Å²) in [5.74, 6) is 1.62. The number of fused-ring (bicyclic) bond motifs is 2. The molecule has 0 spiro atoms. The van der Waals surface area contributed by atoms with Crippen molar-refractivity contribution in [2.45, 2.75) is 24.5 Å². The Morgan fingerprint density at radius 1 is 1.07 bits per heavy atom. The number of hydrogen-bond donors (Lipinski definition) is 1. The van der Waals surface area contributed by atoms with Gasteiger partial charge in [-0.25, -0.2) is 14.4 Å². The first-order valence-corrected chi connectivity index (χ1v) is 9.89. The smallest absolute Gasteiger partial charge is 0.164 e. The van der Waals surface area contributed by atoms with Gasteiger partial charge in [0.1, 0.15) is 24.4 Å². The monoisotopic (exact) mass is 431 g/mol. The highest BCUT2D eigenvalue weighted by atomic mass is 35.5. The van der Waals surface area contributed by atoms with Crippen molar-refractivity contribution < 1.29 is 23.3 Å². The summed E-state index contributed by atoms with van der Waals surface area (Å²) in [7, 11) is 1.56. The Kier molecular flexibility index (Phi) is 5.06. The molecule has 3 heterocycles. The number of methoxy groups -OCH3 is 1. The van der Waals surface area contributed by atoms with Crippen LogP contribution in [0.5, 0.6) is 11.5 Å². The number of aromatic nitrogens is 2. The summed E-state index contributed by atoms with van der Waals surface area (Å²) >= 11 is 5.96. The Labute approximate surface area is 177 Å². The van der Waals surface area contributed by atoms with Crippen LogP contribution in [0, 0.1) is 0 Å². The van der Waals surface area contributed by atoms with Crippen LogP contribution in [0.3, 0.4) is 0 Å².